The van der Waals surface area contributed by atoms with Crippen LogP contribution in [0.4, 0.5) is 0 Å². The number of Topliss-reactive ketones (excluding diaryl/α,β-unsaturated/α-hetero) is 2. The molecule has 1 saturated carbocycles. The third-order valence-electron chi connectivity index (χ3n) is 7.95. The second kappa shape index (κ2) is 11.6. The van der Waals surface area contributed by atoms with Gasteiger partial charge >= 0.3 is 0 Å². The standard InChI is InChI=1S/C34H37NO4S/c1-23(2)20-30-32(26-10-6-4-7-11-26)33(34(37)27-12-8-5-9-13-27)28(21-31(36)25-16-17-25)22-35(30)40(38,39)29-18-14-24(3)15-19-29/h4-15,18-19,23,25,28,30H,16-17,20-22H2,1-3H3. The molecule has 0 bridgehead atoms. The summed E-state index contributed by atoms with van der Waals surface area (Å²) in [6, 6.07) is 25.1. The fourth-order valence-corrected chi connectivity index (χ4v) is 7.43. The number of hydrogen-bond donors (Lipinski definition) is 0. The van der Waals surface area contributed by atoms with Crippen LogP contribution < -0.4 is 0 Å². The number of hydrogen-bond acceptors (Lipinski definition) is 4. The van der Waals surface area contributed by atoms with Crippen LogP contribution in [-0.4, -0.2) is 36.9 Å². The Morgan fingerprint density at radius 2 is 1.48 bits per heavy atom. The van der Waals surface area contributed by atoms with E-state index in [4.69, 9.17) is 0 Å². The number of nitrogens with zero attached hydrogens (tertiary/aromatic N) is 1. The highest BCUT2D eigenvalue weighted by molar-refractivity contribution is 7.89. The first-order chi connectivity index (χ1) is 19.2. The number of benzene rings is 3. The summed E-state index contributed by atoms with van der Waals surface area (Å²) in [6.07, 6.45) is 2.43. The molecule has 1 fully saturated rings. The summed E-state index contributed by atoms with van der Waals surface area (Å²) >= 11 is 0. The van der Waals surface area contributed by atoms with Crippen molar-refractivity contribution in [3.05, 3.63) is 107 Å². The molecule has 0 saturated heterocycles. The van der Waals surface area contributed by atoms with Crippen molar-refractivity contribution < 1.29 is 18.0 Å². The van der Waals surface area contributed by atoms with Gasteiger partial charge in [0.2, 0.25) is 10.0 Å². The van der Waals surface area contributed by atoms with Gasteiger partial charge in [0.15, 0.2) is 5.78 Å². The Hall–Kier alpha value is -3.35. The minimum Gasteiger partial charge on any atom is -0.299 e. The van der Waals surface area contributed by atoms with Gasteiger partial charge in [-0.1, -0.05) is 92.2 Å². The van der Waals surface area contributed by atoms with E-state index in [9.17, 15) is 18.0 Å². The lowest BCUT2D eigenvalue weighted by atomic mass is 9.76. The lowest BCUT2D eigenvalue weighted by molar-refractivity contribution is -0.121. The van der Waals surface area contributed by atoms with E-state index in [-0.39, 0.29) is 41.3 Å². The first-order valence-electron chi connectivity index (χ1n) is 14.2. The Kier molecular flexibility index (Phi) is 8.20. The molecule has 5 nitrogen and oxygen atoms in total. The summed E-state index contributed by atoms with van der Waals surface area (Å²) in [5.41, 5.74) is 3.64. The number of rotatable bonds is 10. The Bertz CT molecular complexity index is 1510. The average molecular weight is 556 g/mol. The zero-order valence-corrected chi connectivity index (χ0v) is 24.2. The van der Waals surface area contributed by atoms with E-state index in [0.29, 0.717) is 17.6 Å². The van der Waals surface area contributed by atoms with Crippen molar-refractivity contribution in [1.82, 2.24) is 4.31 Å². The second-order valence-electron chi connectivity index (χ2n) is 11.6. The second-order valence-corrected chi connectivity index (χ2v) is 13.5. The van der Waals surface area contributed by atoms with E-state index in [2.05, 4.69) is 13.8 Å². The molecule has 2 aliphatic rings. The van der Waals surface area contributed by atoms with Gasteiger partial charge < -0.3 is 0 Å². The summed E-state index contributed by atoms with van der Waals surface area (Å²) in [7, 11) is -3.93. The van der Waals surface area contributed by atoms with Gasteiger partial charge in [-0.05, 0) is 55.4 Å². The van der Waals surface area contributed by atoms with E-state index in [1.807, 2.05) is 55.5 Å². The quantitative estimate of drug-likeness (QED) is 0.260. The lowest BCUT2D eigenvalue weighted by Crippen LogP contribution is -2.49. The minimum absolute atomic E-state index is 0.0174. The van der Waals surface area contributed by atoms with Gasteiger partial charge in [0.25, 0.3) is 0 Å². The molecule has 208 valence electrons. The van der Waals surface area contributed by atoms with Crippen LogP contribution in [0.1, 0.15) is 61.0 Å². The number of sulfonamides is 1. The van der Waals surface area contributed by atoms with Crippen LogP contribution in [0.2, 0.25) is 0 Å². The monoisotopic (exact) mass is 555 g/mol. The number of ketones is 2. The summed E-state index contributed by atoms with van der Waals surface area (Å²) in [5.74, 6) is -0.374. The molecule has 0 amide bonds. The maximum Gasteiger partial charge on any atom is 0.243 e. The smallest absolute Gasteiger partial charge is 0.243 e. The molecule has 1 aliphatic heterocycles. The van der Waals surface area contributed by atoms with E-state index in [1.54, 1.807) is 40.7 Å². The maximum absolute atomic E-state index is 14.3. The fourth-order valence-electron chi connectivity index (χ4n) is 5.77. The van der Waals surface area contributed by atoms with E-state index >= 15 is 0 Å². The normalized spacial score (nSPS) is 20.1. The lowest BCUT2D eigenvalue weighted by Gasteiger charge is -2.42. The highest BCUT2D eigenvalue weighted by Crippen LogP contribution is 2.44. The van der Waals surface area contributed by atoms with Gasteiger partial charge in [-0.25, -0.2) is 8.42 Å². The zero-order valence-electron chi connectivity index (χ0n) is 23.4. The number of carbonyl (C=O) groups is 2. The Labute approximate surface area is 238 Å². The average Bonchev–Trinajstić information content (AvgIpc) is 3.80. The van der Waals surface area contributed by atoms with Crippen molar-refractivity contribution >= 4 is 27.2 Å². The maximum atomic E-state index is 14.3. The van der Waals surface area contributed by atoms with E-state index in [0.717, 1.165) is 29.5 Å². The molecular formula is C34H37NO4S. The molecule has 1 aliphatic carbocycles. The van der Waals surface area contributed by atoms with Gasteiger partial charge in [0.1, 0.15) is 5.78 Å². The Morgan fingerprint density at radius 3 is 2.05 bits per heavy atom. The number of carbonyl (C=O) groups excluding carboxylic acids is 2. The first kappa shape index (κ1) is 28.2. The van der Waals surface area contributed by atoms with Crippen molar-refractivity contribution in [2.45, 2.75) is 57.4 Å². The summed E-state index contributed by atoms with van der Waals surface area (Å²) in [5, 5.41) is 0. The van der Waals surface area contributed by atoms with Crippen LogP contribution in [0, 0.1) is 24.7 Å². The first-order valence-corrected chi connectivity index (χ1v) is 15.6. The fraction of sp³-hybridized carbons (Fsp3) is 0.353. The molecule has 40 heavy (non-hydrogen) atoms. The van der Waals surface area contributed by atoms with Crippen LogP contribution in [0.3, 0.4) is 0 Å². The largest absolute Gasteiger partial charge is 0.299 e. The predicted octanol–water partition coefficient (Wildman–Crippen LogP) is 6.74. The van der Waals surface area contributed by atoms with Crippen molar-refractivity contribution in [2.75, 3.05) is 6.54 Å². The molecule has 3 aromatic rings. The molecule has 5 rings (SSSR count). The van der Waals surface area contributed by atoms with Crippen molar-refractivity contribution in [1.29, 1.82) is 0 Å². The minimum atomic E-state index is -3.93. The summed E-state index contributed by atoms with van der Waals surface area (Å²) < 4.78 is 30.2. The summed E-state index contributed by atoms with van der Waals surface area (Å²) in [4.78, 5) is 27.8. The molecule has 2 atom stereocenters. The molecule has 1 heterocycles. The third kappa shape index (κ3) is 5.89. The van der Waals surface area contributed by atoms with Gasteiger partial charge in [0.05, 0.1) is 10.9 Å². The molecule has 3 aromatic carbocycles. The number of aryl methyl sites for hydroxylation is 1. The van der Waals surface area contributed by atoms with E-state index in [1.165, 1.54) is 0 Å². The molecule has 2 unspecified atom stereocenters. The molecular weight excluding hydrogens is 518 g/mol. The molecule has 6 heteroatoms. The van der Waals surface area contributed by atoms with E-state index < -0.39 is 22.0 Å². The van der Waals surface area contributed by atoms with Crippen LogP contribution in [0.5, 0.6) is 0 Å². The molecule has 0 spiro atoms. The molecule has 0 aromatic heterocycles. The highest BCUT2D eigenvalue weighted by atomic mass is 32.2. The zero-order chi connectivity index (χ0) is 28.4. The van der Waals surface area contributed by atoms with Crippen LogP contribution in [0.15, 0.2) is 95.4 Å². The van der Waals surface area contributed by atoms with Crippen LogP contribution >= 0.6 is 0 Å². The van der Waals surface area contributed by atoms with Gasteiger partial charge in [-0.15, -0.1) is 0 Å². The van der Waals surface area contributed by atoms with Crippen molar-refractivity contribution in [2.24, 2.45) is 17.8 Å². The van der Waals surface area contributed by atoms with Crippen LogP contribution in [-0.2, 0) is 14.8 Å². The highest BCUT2D eigenvalue weighted by Gasteiger charge is 2.45. The van der Waals surface area contributed by atoms with Crippen molar-refractivity contribution in [3.8, 4) is 0 Å². The topological polar surface area (TPSA) is 71.5 Å². The van der Waals surface area contributed by atoms with Gasteiger partial charge in [0, 0.05) is 35.9 Å². The van der Waals surface area contributed by atoms with Gasteiger partial charge in [-0.2, -0.15) is 4.31 Å². The molecule has 0 radical (unpaired) electrons. The predicted molar refractivity (Wildman–Crippen MR) is 158 cm³/mol. The van der Waals surface area contributed by atoms with Crippen LogP contribution in [0.25, 0.3) is 5.57 Å². The SMILES string of the molecule is Cc1ccc(S(=O)(=O)N2CC(CC(=O)C3CC3)C(C(=O)c3ccccc3)=C(c3ccccc3)C2CC(C)C)cc1. The van der Waals surface area contributed by atoms with Gasteiger partial charge in [-0.3, -0.25) is 9.59 Å². The Balaban J connectivity index is 1.75. The molecule has 0 N–H and O–H groups in total. The third-order valence-corrected chi connectivity index (χ3v) is 9.84. The summed E-state index contributed by atoms with van der Waals surface area (Å²) in [6.45, 7) is 6.16. The Morgan fingerprint density at radius 1 is 0.875 bits per heavy atom. The van der Waals surface area contributed by atoms with Crippen molar-refractivity contribution in [3.63, 3.8) is 0 Å².